The minimum Gasteiger partial charge on any atom is -0.375 e. The molecule has 3 heterocycles. The molecule has 5 nitrogen and oxygen atoms in total. The van der Waals surface area contributed by atoms with Crippen molar-refractivity contribution in [2.75, 3.05) is 13.2 Å². The molecular weight excluding hydrogens is 428 g/mol. The van der Waals surface area contributed by atoms with Crippen molar-refractivity contribution in [1.29, 1.82) is 5.26 Å². The van der Waals surface area contributed by atoms with Gasteiger partial charge in [-0.15, -0.1) is 0 Å². The van der Waals surface area contributed by atoms with Gasteiger partial charge in [0.2, 0.25) is 0 Å². The molecule has 1 N–H and O–H groups in total. The SMILES string of the molecule is N#Cc1ncc(CNCC[C@]2(c3ccccn3)CCOC3(CCCC3)C2)cc1Br. The van der Waals surface area contributed by atoms with Crippen molar-refractivity contribution in [3.63, 3.8) is 0 Å². The van der Waals surface area contributed by atoms with Crippen LogP contribution in [0.2, 0.25) is 0 Å². The highest BCUT2D eigenvalue weighted by atomic mass is 79.9. The van der Waals surface area contributed by atoms with Crippen LogP contribution in [0.5, 0.6) is 0 Å². The van der Waals surface area contributed by atoms with Crippen molar-refractivity contribution in [1.82, 2.24) is 15.3 Å². The van der Waals surface area contributed by atoms with Gasteiger partial charge in [-0.25, -0.2) is 4.98 Å². The van der Waals surface area contributed by atoms with E-state index in [4.69, 9.17) is 15.0 Å². The van der Waals surface area contributed by atoms with Gasteiger partial charge in [0.05, 0.1) is 10.1 Å². The molecule has 1 atom stereocenters. The molecule has 6 heteroatoms. The first-order chi connectivity index (χ1) is 14.1. The Balaban J connectivity index is 1.44. The molecule has 0 bridgehead atoms. The van der Waals surface area contributed by atoms with Crippen molar-refractivity contribution >= 4 is 15.9 Å². The summed E-state index contributed by atoms with van der Waals surface area (Å²) in [5.41, 5.74) is 2.82. The zero-order valence-corrected chi connectivity index (χ0v) is 18.2. The smallest absolute Gasteiger partial charge is 0.154 e. The standard InChI is InChI=1S/C23H27BrN4O/c24-19-13-18(16-28-20(19)14-25)15-26-11-8-22(21-5-1-4-10-27-21)9-12-29-23(17-22)6-2-3-7-23/h1,4-5,10,13,16,26H,2-3,6-9,11-12,15,17H2/t22-/m0/s1. The number of pyridine rings is 2. The summed E-state index contributed by atoms with van der Waals surface area (Å²) in [6.07, 6.45) is 11.7. The molecule has 0 radical (unpaired) electrons. The van der Waals surface area contributed by atoms with Crippen molar-refractivity contribution in [3.8, 4) is 6.07 Å². The maximum absolute atomic E-state index is 9.02. The van der Waals surface area contributed by atoms with Crippen molar-refractivity contribution in [2.24, 2.45) is 0 Å². The zero-order chi connectivity index (χ0) is 20.2. The second-order valence-corrected chi connectivity index (χ2v) is 9.23. The number of ether oxygens (including phenoxy) is 1. The monoisotopic (exact) mass is 454 g/mol. The molecule has 1 aliphatic heterocycles. The first kappa shape index (κ1) is 20.5. The topological polar surface area (TPSA) is 70.8 Å². The number of nitrogens with one attached hydrogen (secondary N) is 1. The number of hydrogen-bond donors (Lipinski definition) is 1. The van der Waals surface area contributed by atoms with Crippen LogP contribution in [0.4, 0.5) is 0 Å². The third-order valence-corrected chi connectivity index (χ3v) is 7.09. The van der Waals surface area contributed by atoms with Gasteiger partial charge in [-0.05, 0) is 78.3 Å². The van der Waals surface area contributed by atoms with E-state index in [9.17, 15) is 0 Å². The molecule has 2 fully saturated rings. The zero-order valence-electron chi connectivity index (χ0n) is 16.7. The fourth-order valence-corrected chi connectivity index (χ4v) is 5.50. The first-order valence-corrected chi connectivity index (χ1v) is 11.2. The molecule has 152 valence electrons. The summed E-state index contributed by atoms with van der Waals surface area (Å²) in [6, 6.07) is 10.3. The molecule has 29 heavy (non-hydrogen) atoms. The van der Waals surface area contributed by atoms with Gasteiger partial charge in [-0.2, -0.15) is 5.26 Å². The molecule has 1 aliphatic carbocycles. The van der Waals surface area contributed by atoms with E-state index in [0.717, 1.165) is 49.0 Å². The summed E-state index contributed by atoms with van der Waals surface area (Å²) in [6.45, 7) is 2.46. The highest BCUT2D eigenvalue weighted by Crippen LogP contribution is 2.49. The van der Waals surface area contributed by atoms with Gasteiger partial charge in [-0.3, -0.25) is 4.98 Å². The van der Waals surface area contributed by atoms with Gasteiger partial charge in [0, 0.05) is 36.7 Å². The summed E-state index contributed by atoms with van der Waals surface area (Å²) in [7, 11) is 0. The number of aromatic nitrogens is 2. The molecule has 2 aromatic rings. The molecular formula is C23H27BrN4O. The predicted molar refractivity (Wildman–Crippen MR) is 115 cm³/mol. The Morgan fingerprint density at radius 3 is 2.79 bits per heavy atom. The fourth-order valence-electron chi connectivity index (χ4n) is 5.01. The van der Waals surface area contributed by atoms with E-state index in [2.05, 4.69) is 44.4 Å². The van der Waals surface area contributed by atoms with Gasteiger partial charge < -0.3 is 10.1 Å². The number of nitriles is 1. The minimum atomic E-state index is 0.0533. The van der Waals surface area contributed by atoms with Gasteiger partial charge in [0.25, 0.3) is 0 Å². The van der Waals surface area contributed by atoms with E-state index in [1.165, 1.54) is 31.4 Å². The molecule has 0 aromatic carbocycles. The van der Waals surface area contributed by atoms with E-state index in [0.29, 0.717) is 5.69 Å². The Bertz CT molecular complexity index is 876. The molecule has 2 aliphatic rings. The van der Waals surface area contributed by atoms with Crippen LogP contribution >= 0.6 is 15.9 Å². The van der Waals surface area contributed by atoms with Gasteiger partial charge in [0.15, 0.2) is 5.69 Å². The highest BCUT2D eigenvalue weighted by Gasteiger charge is 2.48. The Morgan fingerprint density at radius 1 is 1.21 bits per heavy atom. The summed E-state index contributed by atoms with van der Waals surface area (Å²) in [5.74, 6) is 0. The van der Waals surface area contributed by atoms with E-state index in [1.807, 2.05) is 18.3 Å². The number of rotatable bonds is 6. The second kappa shape index (κ2) is 8.91. The summed E-state index contributed by atoms with van der Waals surface area (Å²) in [5, 5.41) is 12.6. The highest BCUT2D eigenvalue weighted by molar-refractivity contribution is 9.10. The third kappa shape index (κ3) is 4.53. The lowest BCUT2D eigenvalue weighted by Crippen LogP contribution is -2.47. The van der Waals surface area contributed by atoms with Crippen LogP contribution in [-0.4, -0.2) is 28.7 Å². The van der Waals surface area contributed by atoms with Crippen LogP contribution in [0.1, 0.15) is 61.9 Å². The van der Waals surface area contributed by atoms with Gasteiger partial charge >= 0.3 is 0 Å². The van der Waals surface area contributed by atoms with Crippen LogP contribution < -0.4 is 5.32 Å². The molecule has 1 saturated heterocycles. The van der Waals surface area contributed by atoms with Crippen LogP contribution in [-0.2, 0) is 16.7 Å². The van der Waals surface area contributed by atoms with Gasteiger partial charge in [-0.1, -0.05) is 18.9 Å². The van der Waals surface area contributed by atoms with Crippen LogP contribution in [0.3, 0.4) is 0 Å². The molecule has 0 amide bonds. The summed E-state index contributed by atoms with van der Waals surface area (Å²) < 4.78 is 7.07. The number of halogens is 1. The first-order valence-electron chi connectivity index (χ1n) is 10.5. The van der Waals surface area contributed by atoms with Crippen molar-refractivity contribution in [3.05, 3.63) is 58.1 Å². The lowest BCUT2D eigenvalue weighted by atomic mass is 9.68. The van der Waals surface area contributed by atoms with Crippen molar-refractivity contribution < 1.29 is 4.74 Å². The average Bonchev–Trinajstić information content (AvgIpc) is 3.19. The molecule has 1 spiro atoms. The quantitative estimate of drug-likeness (QED) is 0.642. The fraction of sp³-hybridized carbons (Fsp3) is 0.522. The Kier molecular flexibility index (Phi) is 6.29. The van der Waals surface area contributed by atoms with E-state index >= 15 is 0 Å². The predicted octanol–water partition coefficient (Wildman–Crippen LogP) is 4.65. The lowest BCUT2D eigenvalue weighted by molar-refractivity contribution is -0.104. The number of hydrogen-bond acceptors (Lipinski definition) is 5. The number of nitrogens with zero attached hydrogens (tertiary/aromatic N) is 3. The normalized spacial score (nSPS) is 23.2. The maximum Gasteiger partial charge on any atom is 0.154 e. The van der Waals surface area contributed by atoms with E-state index in [-0.39, 0.29) is 11.0 Å². The van der Waals surface area contributed by atoms with E-state index in [1.54, 1.807) is 6.20 Å². The minimum absolute atomic E-state index is 0.0533. The molecule has 4 rings (SSSR count). The molecule has 0 unspecified atom stereocenters. The van der Waals surface area contributed by atoms with Gasteiger partial charge in [0.1, 0.15) is 6.07 Å². The maximum atomic E-state index is 9.02. The van der Waals surface area contributed by atoms with E-state index < -0.39 is 0 Å². The van der Waals surface area contributed by atoms with Crippen LogP contribution in [0.15, 0.2) is 41.1 Å². The Hall–Kier alpha value is -1.81. The van der Waals surface area contributed by atoms with Crippen LogP contribution in [0, 0.1) is 11.3 Å². The molecule has 2 aromatic heterocycles. The lowest BCUT2D eigenvalue weighted by Gasteiger charge is -2.46. The average molecular weight is 455 g/mol. The third-order valence-electron chi connectivity index (χ3n) is 6.49. The molecule has 1 saturated carbocycles. The van der Waals surface area contributed by atoms with Crippen molar-refractivity contribution in [2.45, 2.75) is 62.5 Å². The second-order valence-electron chi connectivity index (χ2n) is 8.37. The summed E-state index contributed by atoms with van der Waals surface area (Å²) in [4.78, 5) is 8.97. The summed E-state index contributed by atoms with van der Waals surface area (Å²) >= 11 is 3.42. The largest absolute Gasteiger partial charge is 0.375 e. The Labute approximate surface area is 181 Å². The Morgan fingerprint density at radius 2 is 2.07 bits per heavy atom. The van der Waals surface area contributed by atoms with Crippen LogP contribution in [0.25, 0.3) is 0 Å².